The lowest BCUT2D eigenvalue weighted by atomic mass is 10.4. The molecule has 0 atom stereocenters. The standard InChI is InChI=1S/C9H13N3O/c1-2-5-11-9(13)4-3-8-6-10-7-12-8/h3-4,6-7H,2,5H2,1H3,(H,10,12)(H,11,13)/b4-3+. The lowest BCUT2D eigenvalue weighted by molar-refractivity contribution is -0.116. The largest absolute Gasteiger partial charge is 0.353 e. The second-order valence-electron chi connectivity index (χ2n) is 2.63. The van der Waals surface area contributed by atoms with E-state index in [0.29, 0.717) is 6.54 Å². The maximum absolute atomic E-state index is 11.1. The summed E-state index contributed by atoms with van der Waals surface area (Å²) < 4.78 is 0. The van der Waals surface area contributed by atoms with Crippen LogP contribution in [0, 0.1) is 0 Å². The first-order valence-electron chi connectivity index (χ1n) is 4.27. The van der Waals surface area contributed by atoms with Crippen LogP contribution >= 0.6 is 0 Å². The fourth-order valence-corrected chi connectivity index (χ4v) is 0.830. The third-order valence-electron chi connectivity index (χ3n) is 1.48. The van der Waals surface area contributed by atoms with Gasteiger partial charge in [0.25, 0.3) is 0 Å². The van der Waals surface area contributed by atoms with Crippen LogP contribution in [-0.2, 0) is 4.79 Å². The van der Waals surface area contributed by atoms with Crippen molar-refractivity contribution in [2.24, 2.45) is 0 Å². The summed E-state index contributed by atoms with van der Waals surface area (Å²) in [6.07, 6.45) is 7.36. The van der Waals surface area contributed by atoms with Crippen molar-refractivity contribution >= 4 is 12.0 Å². The molecule has 0 aliphatic heterocycles. The van der Waals surface area contributed by atoms with E-state index in [1.165, 1.54) is 6.08 Å². The van der Waals surface area contributed by atoms with E-state index in [2.05, 4.69) is 15.3 Å². The van der Waals surface area contributed by atoms with Crippen LogP contribution in [0.15, 0.2) is 18.6 Å². The van der Waals surface area contributed by atoms with E-state index in [-0.39, 0.29) is 5.91 Å². The van der Waals surface area contributed by atoms with Crippen LogP contribution < -0.4 is 5.32 Å². The molecule has 0 spiro atoms. The maximum atomic E-state index is 11.1. The minimum Gasteiger partial charge on any atom is -0.353 e. The summed E-state index contributed by atoms with van der Waals surface area (Å²) in [5, 5.41) is 2.73. The van der Waals surface area contributed by atoms with E-state index in [1.54, 1.807) is 18.6 Å². The summed E-state index contributed by atoms with van der Waals surface area (Å²) in [4.78, 5) is 17.8. The monoisotopic (exact) mass is 179 g/mol. The van der Waals surface area contributed by atoms with E-state index < -0.39 is 0 Å². The summed E-state index contributed by atoms with van der Waals surface area (Å²) in [7, 11) is 0. The quantitative estimate of drug-likeness (QED) is 0.676. The van der Waals surface area contributed by atoms with Crippen LogP contribution in [0.3, 0.4) is 0 Å². The van der Waals surface area contributed by atoms with Gasteiger partial charge in [0.15, 0.2) is 0 Å². The smallest absolute Gasteiger partial charge is 0.244 e. The fourth-order valence-electron chi connectivity index (χ4n) is 0.830. The first kappa shape index (κ1) is 9.51. The second-order valence-corrected chi connectivity index (χ2v) is 2.63. The van der Waals surface area contributed by atoms with Crippen molar-refractivity contribution < 1.29 is 4.79 Å². The van der Waals surface area contributed by atoms with Gasteiger partial charge in [-0.2, -0.15) is 0 Å². The predicted octanol–water partition coefficient (Wildman–Crippen LogP) is 0.949. The van der Waals surface area contributed by atoms with E-state index in [4.69, 9.17) is 0 Å². The van der Waals surface area contributed by atoms with Crippen molar-refractivity contribution in [3.8, 4) is 0 Å². The van der Waals surface area contributed by atoms with Crippen LogP contribution in [-0.4, -0.2) is 22.4 Å². The molecular formula is C9H13N3O. The minimum absolute atomic E-state index is 0.0727. The van der Waals surface area contributed by atoms with Crippen molar-refractivity contribution in [2.45, 2.75) is 13.3 Å². The molecule has 0 fully saturated rings. The molecule has 0 saturated heterocycles. The van der Waals surface area contributed by atoms with Crippen molar-refractivity contribution in [1.29, 1.82) is 0 Å². The normalized spacial score (nSPS) is 10.5. The third-order valence-corrected chi connectivity index (χ3v) is 1.48. The number of aromatic amines is 1. The van der Waals surface area contributed by atoms with Crippen LogP contribution in [0.5, 0.6) is 0 Å². The number of hydrogen-bond acceptors (Lipinski definition) is 2. The number of amides is 1. The molecule has 0 aromatic carbocycles. The maximum Gasteiger partial charge on any atom is 0.244 e. The molecule has 0 bridgehead atoms. The molecule has 13 heavy (non-hydrogen) atoms. The second kappa shape index (κ2) is 5.13. The first-order chi connectivity index (χ1) is 6.33. The van der Waals surface area contributed by atoms with E-state index in [0.717, 1.165) is 12.1 Å². The molecule has 4 heteroatoms. The van der Waals surface area contributed by atoms with Crippen LogP contribution in [0.1, 0.15) is 19.0 Å². The van der Waals surface area contributed by atoms with Crippen molar-refractivity contribution in [3.63, 3.8) is 0 Å². The van der Waals surface area contributed by atoms with Gasteiger partial charge >= 0.3 is 0 Å². The topological polar surface area (TPSA) is 57.8 Å². The average molecular weight is 179 g/mol. The Balaban J connectivity index is 2.35. The van der Waals surface area contributed by atoms with Gasteiger partial charge in [-0.1, -0.05) is 6.92 Å². The van der Waals surface area contributed by atoms with Crippen molar-refractivity contribution in [2.75, 3.05) is 6.54 Å². The summed E-state index contributed by atoms with van der Waals surface area (Å²) in [5.41, 5.74) is 0.826. The molecule has 0 saturated carbocycles. The first-order valence-corrected chi connectivity index (χ1v) is 4.27. The van der Waals surface area contributed by atoms with E-state index in [1.807, 2.05) is 6.92 Å². The van der Waals surface area contributed by atoms with Gasteiger partial charge in [-0.3, -0.25) is 4.79 Å². The third kappa shape index (κ3) is 3.55. The Morgan fingerprint density at radius 3 is 3.23 bits per heavy atom. The summed E-state index contributed by atoms with van der Waals surface area (Å²) in [5.74, 6) is -0.0727. The zero-order valence-electron chi connectivity index (χ0n) is 7.58. The number of hydrogen-bond donors (Lipinski definition) is 2. The van der Waals surface area contributed by atoms with Crippen molar-refractivity contribution in [3.05, 3.63) is 24.3 Å². The molecule has 0 radical (unpaired) electrons. The van der Waals surface area contributed by atoms with E-state index in [9.17, 15) is 4.79 Å². The van der Waals surface area contributed by atoms with Gasteiger partial charge in [-0.05, 0) is 12.5 Å². The molecule has 70 valence electrons. The van der Waals surface area contributed by atoms with Gasteiger partial charge in [0.1, 0.15) is 0 Å². The molecule has 1 amide bonds. The number of rotatable bonds is 4. The molecule has 0 aliphatic carbocycles. The highest BCUT2D eigenvalue weighted by Crippen LogP contribution is 1.93. The van der Waals surface area contributed by atoms with Gasteiger partial charge in [-0.15, -0.1) is 0 Å². The molecular weight excluding hydrogens is 166 g/mol. The highest BCUT2D eigenvalue weighted by atomic mass is 16.1. The Kier molecular flexibility index (Phi) is 3.75. The molecule has 1 aromatic rings. The molecule has 4 nitrogen and oxygen atoms in total. The molecule has 1 rings (SSSR count). The number of H-pyrrole nitrogens is 1. The molecule has 1 heterocycles. The average Bonchev–Trinajstić information content (AvgIpc) is 2.64. The number of aromatic nitrogens is 2. The highest BCUT2D eigenvalue weighted by molar-refractivity contribution is 5.91. The highest BCUT2D eigenvalue weighted by Gasteiger charge is 1.92. The van der Waals surface area contributed by atoms with Gasteiger partial charge in [-0.25, -0.2) is 4.98 Å². The van der Waals surface area contributed by atoms with Gasteiger partial charge in [0.2, 0.25) is 5.91 Å². The molecule has 0 unspecified atom stereocenters. The number of nitrogens with one attached hydrogen (secondary N) is 2. The number of nitrogens with zero attached hydrogens (tertiary/aromatic N) is 1. The Labute approximate surface area is 77.1 Å². The van der Waals surface area contributed by atoms with E-state index >= 15 is 0 Å². The number of imidazole rings is 1. The summed E-state index contributed by atoms with van der Waals surface area (Å²) >= 11 is 0. The summed E-state index contributed by atoms with van der Waals surface area (Å²) in [6.45, 7) is 2.73. The van der Waals surface area contributed by atoms with Crippen molar-refractivity contribution in [1.82, 2.24) is 15.3 Å². The lowest BCUT2D eigenvalue weighted by Gasteiger charge is -1.96. The van der Waals surface area contributed by atoms with Crippen LogP contribution in [0.2, 0.25) is 0 Å². The van der Waals surface area contributed by atoms with Crippen LogP contribution in [0.4, 0.5) is 0 Å². The predicted molar refractivity (Wildman–Crippen MR) is 50.9 cm³/mol. The SMILES string of the molecule is CCCNC(=O)/C=C/c1cnc[nH]1. The Bertz CT molecular complexity index is 277. The van der Waals surface area contributed by atoms with Crippen LogP contribution in [0.25, 0.3) is 6.08 Å². The van der Waals surface area contributed by atoms with Gasteiger partial charge in [0, 0.05) is 12.6 Å². The summed E-state index contributed by atoms with van der Waals surface area (Å²) in [6, 6.07) is 0. The van der Waals surface area contributed by atoms with Gasteiger partial charge < -0.3 is 10.3 Å². The molecule has 1 aromatic heterocycles. The molecule has 2 N–H and O–H groups in total. The van der Waals surface area contributed by atoms with Gasteiger partial charge in [0.05, 0.1) is 18.2 Å². The number of carbonyl (C=O) groups excluding carboxylic acids is 1. The molecule has 0 aliphatic rings. The Morgan fingerprint density at radius 2 is 2.62 bits per heavy atom. The Morgan fingerprint density at radius 1 is 1.77 bits per heavy atom. The Hall–Kier alpha value is -1.58. The minimum atomic E-state index is -0.0727. The zero-order valence-corrected chi connectivity index (χ0v) is 7.58. The zero-order chi connectivity index (χ0) is 9.52. The fraction of sp³-hybridized carbons (Fsp3) is 0.333. The lowest BCUT2D eigenvalue weighted by Crippen LogP contribution is -2.21. The number of carbonyl (C=O) groups is 1.